The van der Waals surface area contributed by atoms with E-state index in [9.17, 15) is 4.79 Å². The van der Waals surface area contributed by atoms with E-state index in [2.05, 4.69) is 20.8 Å². The van der Waals surface area contributed by atoms with Gasteiger partial charge in [0.25, 0.3) is 5.91 Å². The fraction of sp³-hybridized carbons (Fsp3) is 0.333. The van der Waals surface area contributed by atoms with Crippen molar-refractivity contribution in [2.45, 2.75) is 13.3 Å². The van der Waals surface area contributed by atoms with Gasteiger partial charge in [-0.15, -0.1) is 10.2 Å². The predicted octanol–water partition coefficient (Wildman–Crippen LogP) is 2.25. The molecule has 2 rings (SSSR count). The molecule has 2 N–H and O–H groups in total. The Morgan fingerprint density at radius 1 is 1.25 bits per heavy atom. The lowest BCUT2D eigenvalue weighted by Crippen LogP contribution is -2.34. The van der Waals surface area contributed by atoms with Crippen molar-refractivity contribution in [2.24, 2.45) is 0 Å². The van der Waals surface area contributed by atoms with E-state index in [1.807, 2.05) is 6.92 Å². The van der Waals surface area contributed by atoms with Crippen molar-refractivity contribution in [3.63, 3.8) is 0 Å². The monoisotopic (exact) mass is 366 g/mol. The second-order valence-corrected chi connectivity index (χ2v) is 6.10. The summed E-state index contributed by atoms with van der Waals surface area (Å²) in [7, 11) is 1.61. The fourth-order valence-electron chi connectivity index (χ4n) is 1.70. The molecule has 0 saturated carbocycles. The highest BCUT2D eigenvalue weighted by Gasteiger charge is 2.10. The van der Waals surface area contributed by atoms with E-state index < -0.39 is 0 Å². The number of thiocarbonyl (C=S) groups is 1. The van der Waals surface area contributed by atoms with Crippen molar-refractivity contribution in [1.29, 1.82) is 0 Å². The lowest BCUT2D eigenvalue weighted by atomic mass is 10.2. The minimum absolute atomic E-state index is 0.180. The summed E-state index contributed by atoms with van der Waals surface area (Å²) in [6.45, 7) is 2.96. The Hall–Kier alpha value is -2.10. The number of aryl methyl sites for hydroxylation is 1. The zero-order chi connectivity index (χ0) is 17.4. The van der Waals surface area contributed by atoms with E-state index in [1.54, 1.807) is 31.4 Å². The maximum atomic E-state index is 12.1. The molecular weight excluding hydrogens is 348 g/mol. The van der Waals surface area contributed by atoms with Gasteiger partial charge in [-0.2, -0.15) is 0 Å². The van der Waals surface area contributed by atoms with Crippen LogP contribution in [0.1, 0.15) is 22.3 Å². The lowest BCUT2D eigenvalue weighted by molar-refractivity contribution is 0.0977. The zero-order valence-electron chi connectivity index (χ0n) is 13.4. The van der Waals surface area contributed by atoms with Crippen LogP contribution in [0.25, 0.3) is 0 Å². The molecule has 9 heteroatoms. The second kappa shape index (κ2) is 9.26. The number of anilines is 1. The average Bonchev–Trinajstić information content (AvgIpc) is 3.03. The first-order valence-corrected chi connectivity index (χ1v) is 8.51. The van der Waals surface area contributed by atoms with Crippen LogP contribution in [0, 0.1) is 0 Å². The highest BCUT2D eigenvalue weighted by molar-refractivity contribution is 7.80. The SMILES string of the molecule is CCc1nnc(NC(=S)NC(=O)c2ccc(OCCOC)cc2)s1. The van der Waals surface area contributed by atoms with Crippen molar-refractivity contribution in [3.05, 3.63) is 34.8 Å². The maximum Gasteiger partial charge on any atom is 0.257 e. The number of methoxy groups -OCH3 is 1. The van der Waals surface area contributed by atoms with Crippen LogP contribution in [0.4, 0.5) is 5.13 Å². The first-order chi connectivity index (χ1) is 11.6. The van der Waals surface area contributed by atoms with Gasteiger partial charge in [0.2, 0.25) is 5.13 Å². The van der Waals surface area contributed by atoms with Crippen LogP contribution in [-0.2, 0) is 11.2 Å². The van der Waals surface area contributed by atoms with Gasteiger partial charge in [-0.3, -0.25) is 10.1 Å². The molecule has 0 aliphatic carbocycles. The Bertz CT molecular complexity index is 688. The van der Waals surface area contributed by atoms with E-state index in [1.165, 1.54) is 11.3 Å². The van der Waals surface area contributed by atoms with Crippen LogP contribution in [0.3, 0.4) is 0 Å². The Morgan fingerprint density at radius 2 is 2.00 bits per heavy atom. The van der Waals surface area contributed by atoms with Crippen LogP contribution in [0.2, 0.25) is 0 Å². The Balaban J connectivity index is 1.85. The Labute approximate surface area is 149 Å². The van der Waals surface area contributed by atoms with Gasteiger partial charge in [-0.05, 0) is 42.9 Å². The zero-order valence-corrected chi connectivity index (χ0v) is 15.0. The molecule has 7 nitrogen and oxygen atoms in total. The summed E-state index contributed by atoms with van der Waals surface area (Å²) in [4.78, 5) is 12.1. The molecule has 0 aliphatic rings. The molecule has 0 atom stereocenters. The minimum Gasteiger partial charge on any atom is -0.491 e. The minimum atomic E-state index is -0.309. The molecule has 0 radical (unpaired) electrons. The molecule has 0 saturated heterocycles. The first-order valence-electron chi connectivity index (χ1n) is 7.29. The summed E-state index contributed by atoms with van der Waals surface area (Å²) in [6.07, 6.45) is 0.803. The van der Waals surface area contributed by atoms with Crippen LogP contribution >= 0.6 is 23.6 Å². The number of aromatic nitrogens is 2. The third kappa shape index (κ3) is 5.52. The third-order valence-electron chi connectivity index (χ3n) is 2.89. The maximum absolute atomic E-state index is 12.1. The summed E-state index contributed by atoms with van der Waals surface area (Å²) in [5.74, 6) is 0.362. The number of amides is 1. The number of rotatable bonds is 7. The van der Waals surface area contributed by atoms with Crippen LogP contribution in [-0.4, -0.2) is 41.5 Å². The number of nitrogens with zero attached hydrogens (tertiary/aromatic N) is 2. The largest absolute Gasteiger partial charge is 0.491 e. The van der Waals surface area contributed by atoms with Gasteiger partial charge in [0.1, 0.15) is 17.4 Å². The van der Waals surface area contributed by atoms with Crippen molar-refractivity contribution in [1.82, 2.24) is 15.5 Å². The molecule has 1 heterocycles. The summed E-state index contributed by atoms with van der Waals surface area (Å²) in [5, 5.41) is 15.0. The summed E-state index contributed by atoms with van der Waals surface area (Å²) >= 11 is 6.51. The quantitative estimate of drug-likeness (QED) is 0.574. The highest BCUT2D eigenvalue weighted by Crippen LogP contribution is 2.15. The third-order valence-corrected chi connectivity index (χ3v) is 4.08. The van der Waals surface area contributed by atoms with Crippen LogP contribution in [0.15, 0.2) is 24.3 Å². The van der Waals surface area contributed by atoms with Crippen LogP contribution < -0.4 is 15.4 Å². The lowest BCUT2D eigenvalue weighted by Gasteiger charge is -2.08. The molecule has 0 aliphatic heterocycles. The molecule has 1 aromatic carbocycles. The number of hydrogen-bond donors (Lipinski definition) is 2. The number of carbonyl (C=O) groups is 1. The van der Waals surface area contributed by atoms with E-state index in [4.69, 9.17) is 21.7 Å². The Morgan fingerprint density at radius 3 is 2.62 bits per heavy atom. The molecule has 0 spiro atoms. The van der Waals surface area contributed by atoms with E-state index in [-0.39, 0.29) is 11.0 Å². The van der Waals surface area contributed by atoms with Crippen molar-refractivity contribution in [3.8, 4) is 5.75 Å². The summed E-state index contributed by atoms with van der Waals surface area (Å²) in [6, 6.07) is 6.78. The summed E-state index contributed by atoms with van der Waals surface area (Å²) < 4.78 is 10.4. The molecule has 0 fully saturated rings. The molecule has 1 aromatic heterocycles. The highest BCUT2D eigenvalue weighted by atomic mass is 32.1. The van der Waals surface area contributed by atoms with Crippen LogP contribution in [0.5, 0.6) is 5.75 Å². The standard InChI is InChI=1S/C15H18N4O3S2/c1-3-12-18-19-15(24-12)17-14(23)16-13(20)10-4-6-11(7-5-10)22-9-8-21-2/h4-7H,3,8-9H2,1-2H3,(H2,16,17,19,20,23). The Kier molecular flexibility index (Phi) is 7.04. The number of carbonyl (C=O) groups excluding carboxylic acids is 1. The number of hydrogen-bond acceptors (Lipinski definition) is 7. The van der Waals surface area contributed by atoms with Gasteiger partial charge in [0.15, 0.2) is 5.11 Å². The predicted molar refractivity (Wildman–Crippen MR) is 96.8 cm³/mol. The van der Waals surface area contributed by atoms with Gasteiger partial charge in [-0.1, -0.05) is 18.3 Å². The number of ether oxygens (including phenoxy) is 2. The van der Waals surface area contributed by atoms with Gasteiger partial charge >= 0.3 is 0 Å². The van der Waals surface area contributed by atoms with Gasteiger partial charge in [-0.25, -0.2) is 0 Å². The van der Waals surface area contributed by atoms with Crippen molar-refractivity contribution in [2.75, 3.05) is 25.6 Å². The van der Waals surface area contributed by atoms with E-state index >= 15 is 0 Å². The molecule has 24 heavy (non-hydrogen) atoms. The molecular formula is C15H18N4O3S2. The van der Waals surface area contributed by atoms with E-state index in [0.29, 0.717) is 29.7 Å². The molecule has 0 bridgehead atoms. The normalized spacial score (nSPS) is 10.2. The fourth-order valence-corrected chi connectivity index (χ4v) is 2.63. The smallest absolute Gasteiger partial charge is 0.257 e. The number of nitrogens with one attached hydrogen (secondary N) is 2. The molecule has 0 unspecified atom stereocenters. The van der Waals surface area contributed by atoms with E-state index in [0.717, 1.165) is 11.4 Å². The number of benzene rings is 1. The summed E-state index contributed by atoms with van der Waals surface area (Å²) in [5.41, 5.74) is 0.477. The molecule has 1 amide bonds. The molecule has 2 aromatic rings. The second-order valence-electron chi connectivity index (χ2n) is 4.63. The van der Waals surface area contributed by atoms with Crippen molar-refractivity contribution >= 4 is 39.7 Å². The van der Waals surface area contributed by atoms with Gasteiger partial charge in [0.05, 0.1) is 6.61 Å². The van der Waals surface area contributed by atoms with Crippen molar-refractivity contribution < 1.29 is 14.3 Å². The first kappa shape index (κ1) is 18.2. The van der Waals surface area contributed by atoms with Gasteiger partial charge in [0, 0.05) is 12.7 Å². The topological polar surface area (TPSA) is 85.4 Å². The van der Waals surface area contributed by atoms with Gasteiger partial charge < -0.3 is 14.8 Å². The molecule has 128 valence electrons. The average molecular weight is 366 g/mol.